The molecule has 0 unspecified atom stereocenters. The molecular formula is C12H26IN3. The van der Waals surface area contributed by atoms with Crippen LogP contribution >= 0.6 is 24.0 Å². The fourth-order valence-electron chi connectivity index (χ4n) is 1.97. The number of likely N-dealkylation sites (tertiary alicyclic amines) is 1. The minimum atomic E-state index is 0. The summed E-state index contributed by atoms with van der Waals surface area (Å²) in [5, 5.41) is 3.44. The molecule has 16 heavy (non-hydrogen) atoms. The molecule has 1 aliphatic rings. The summed E-state index contributed by atoms with van der Waals surface area (Å²) in [6.07, 6.45) is 5.16. The van der Waals surface area contributed by atoms with E-state index in [1.165, 1.54) is 38.8 Å². The van der Waals surface area contributed by atoms with Gasteiger partial charge < -0.3 is 10.2 Å². The summed E-state index contributed by atoms with van der Waals surface area (Å²) in [5.41, 5.74) is 0. The normalized spacial score (nSPS) is 16.5. The van der Waals surface area contributed by atoms with Crippen LogP contribution in [0, 0.1) is 5.92 Å². The molecule has 0 bridgehead atoms. The number of halogens is 1. The first-order chi connectivity index (χ1) is 7.24. The lowest BCUT2D eigenvalue weighted by atomic mass is 10.1. The molecule has 0 spiro atoms. The molecule has 0 aromatic rings. The predicted molar refractivity (Wildman–Crippen MR) is 81.7 cm³/mol. The Labute approximate surface area is 117 Å². The molecule has 1 N–H and O–H groups in total. The second kappa shape index (κ2) is 9.07. The molecule has 96 valence electrons. The van der Waals surface area contributed by atoms with E-state index in [2.05, 4.69) is 29.1 Å². The molecule has 1 aliphatic heterocycles. The van der Waals surface area contributed by atoms with Gasteiger partial charge in [-0.25, -0.2) is 0 Å². The van der Waals surface area contributed by atoms with Crippen LogP contribution in [0.2, 0.25) is 0 Å². The van der Waals surface area contributed by atoms with Crippen LogP contribution in [0.3, 0.4) is 0 Å². The molecule has 0 atom stereocenters. The molecule has 3 nitrogen and oxygen atoms in total. The van der Waals surface area contributed by atoms with Crippen LogP contribution in [0.15, 0.2) is 4.99 Å². The van der Waals surface area contributed by atoms with E-state index < -0.39 is 0 Å². The third-order valence-electron chi connectivity index (χ3n) is 2.86. The van der Waals surface area contributed by atoms with Crippen molar-refractivity contribution in [1.29, 1.82) is 0 Å². The average Bonchev–Trinajstić information content (AvgIpc) is 2.70. The van der Waals surface area contributed by atoms with Crippen molar-refractivity contribution in [3.05, 3.63) is 0 Å². The molecule has 1 heterocycles. The molecule has 0 aromatic heterocycles. The van der Waals surface area contributed by atoms with E-state index in [-0.39, 0.29) is 24.0 Å². The van der Waals surface area contributed by atoms with Crippen molar-refractivity contribution >= 4 is 29.9 Å². The van der Waals surface area contributed by atoms with Crippen molar-refractivity contribution in [2.24, 2.45) is 10.9 Å². The highest BCUT2D eigenvalue weighted by atomic mass is 127. The maximum absolute atomic E-state index is 4.32. The summed E-state index contributed by atoms with van der Waals surface area (Å²) in [4.78, 5) is 6.67. The third-order valence-corrected chi connectivity index (χ3v) is 2.86. The summed E-state index contributed by atoms with van der Waals surface area (Å²) in [6, 6.07) is 0. The zero-order valence-corrected chi connectivity index (χ0v) is 13.2. The van der Waals surface area contributed by atoms with Gasteiger partial charge in [-0.3, -0.25) is 4.99 Å². The second-order valence-corrected chi connectivity index (χ2v) is 4.70. The molecule has 1 saturated heterocycles. The van der Waals surface area contributed by atoms with Crippen molar-refractivity contribution in [3.8, 4) is 0 Å². The van der Waals surface area contributed by atoms with Gasteiger partial charge in [0.05, 0.1) is 0 Å². The molecule has 1 fully saturated rings. The molecule has 0 amide bonds. The Morgan fingerprint density at radius 1 is 1.31 bits per heavy atom. The lowest BCUT2D eigenvalue weighted by Gasteiger charge is -2.20. The van der Waals surface area contributed by atoms with Gasteiger partial charge in [0, 0.05) is 26.7 Å². The van der Waals surface area contributed by atoms with Crippen LogP contribution in [-0.2, 0) is 0 Å². The number of hydrogen-bond acceptors (Lipinski definition) is 1. The number of aliphatic imine (C=N–C) groups is 1. The molecule has 0 aromatic carbocycles. The maximum Gasteiger partial charge on any atom is 0.193 e. The first-order valence-corrected chi connectivity index (χ1v) is 6.19. The van der Waals surface area contributed by atoms with E-state index in [0.717, 1.165) is 18.4 Å². The van der Waals surface area contributed by atoms with E-state index in [1.54, 1.807) is 0 Å². The van der Waals surface area contributed by atoms with Crippen LogP contribution in [0.1, 0.15) is 39.5 Å². The zero-order valence-electron chi connectivity index (χ0n) is 10.8. The summed E-state index contributed by atoms with van der Waals surface area (Å²) >= 11 is 0. The van der Waals surface area contributed by atoms with E-state index in [0.29, 0.717) is 0 Å². The van der Waals surface area contributed by atoms with Gasteiger partial charge in [0.15, 0.2) is 5.96 Å². The summed E-state index contributed by atoms with van der Waals surface area (Å²) < 4.78 is 0. The topological polar surface area (TPSA) is 27.6 Å². The number of nitrogens with one attached hydrogen (secondary N) is 1. The first-order valence-electron chi connectivity index (χ1n) is 6.19. The average molecular weight is 339 g/mol. The summed E-state index contributed by atoms with van der Waals surface area (Å²) in [5.74, 6) is 1.90. The zero-order chi connectivity index (χ0) is 11.1. The maximum atomic E-state index is 4.32. The van der Waals surface area contributed by atoms with E-state index >= 15 is 0 Å². The van der Waals surface area contributed by atoms with Crippen LogP contribution in [0.5, 0.6) is 0 Å². The lowest BCUT2D eigenvalue weighted by molar-refractivity contribution is 0.484. The van der Waals surface area contributed by atoms with Crippen molar-refractivity contribution in [1.82, 2.24) is 10.2 Å². The third kappa shape index (κ3) is 5.92. The van der Waals surface area contributed by atoms with Crippen LogP contribution in [0.4, 0.5) is 0 Å². The molecule has 0 aliphatic carbocycles. The lowest BCUT2D eigenvalue weighted by Crippen LogP contribution is -2.39. The van der Waals surface area contributed by atoms with Gasteiger partial charge in [0.2, 0.25) is 0 Å². The molecule has 0 radical (unpaired) electrons. The smallest absolute Gasteiger partial charge is 0.193 e. The fourth-order valence-corrected chi connectivity index (χ4v) is 1.97. The van der Waals surface area contributed by atoms with Gasteiger partial charge in [-0.2, -0.15) is 0 Å². The molecule has 0 saturated carbocycles. The highest BCUT2D eigenvalue weighted by Gasteiger charge is 2.14. The van der Waals surface area contributed by atoms with E-state index in [4.69, 9.17) is 0 Å². The SMILES string of the molecule is CN=C(NCCCC(C)C)N1CCCC1.I. The Morgan fingerprint density at radius 3 is 2.44 bits per heavy atom. The van der Waals surface area contributed by atoms with Crippen molar-refractivity contribution < 1.29 is 0 Å². The fraction of sp³-hybridized carbons (Fsp3) is 0.917. The summed E-state index contributed by atoms with van der Waals surface area (Å²) in [6.45, 7) is 7.94. The quantitative estimate of drug-likeness (QED) is 0.369. The summed E-state index contributed by atoms with van der Waals surface area (Å²) in [7, 11) is 1.88. The van der Waals surface area contributed by atoms with Gasteiger partial charge in [0.25, 0.3) is 0 Å². The number of hydrogen-bond donors (Lipinski definition) is 1. The van der Waals surface area contributed by atoms with Gasteiger partial charge >= 0.3 is 0 Å². The van der Waals surface area contributed by atoms with Gasteiger partial charge in [-0.1, -0.05) is 13.8 Å². The van der Waals surface area contributed by atoms with E-state index in [9.17, 15) is 0 Å². The molecular weight excluding hydrogens is 313 g/mol. The van der Waals surface area contributed by atoms with Crippen molar-refractivity contribution in [2.45, 2.75) is 39.5 Å². The monoisotopic (exact) mass is 339 g/mol. The standard InChI is InChI=1S/C12H25N3.HI/c1-11(2)7-6-8-14-12(13-3)15-9-4-5-10-15;/h11H,4-10H2,1-3H3,(H,13,14);1H. The van der Waals surface area contributed by atoms with Crippen molar-refractivity contribution in [2.75, 3.05) is 26.7 Å². The van der Waals surface area contributed by atoms with Crippen LogP contribution in [-0.4, -0.2) is 37.5 Å². The second-order valence-electron chi connectivity index (χ2n) is 4.70. The highest BCUT2D eigenvalue weighted by Crippen LogP contribution is 2.07. The minimum Gasteiger partial charge on any atom is -0.356 e. The Kier molecular flexibility index (Phi) is 9.07. The van der Waals surface area contributed by atoms with Crippen LogP contribution in [0.25, 0.3) is 0 Å². The highest BCUT2D eigenvalue weighted by molar-refractivity contribution is 14.0. The minimum absolute atomic E-state index is 0. The Morgan fingerprint density at radius 2 is 1.94 bits per heavy atom. The van der Waals surface area contributed by atoms with Gasteiger partial charge in [-0.05, 0) is 31.6 Å². The Balaban J connectivity index is 0.00000225. The first kappa shape index (κ1) is 16.0. The molecule has 1 rings (SSSR count). The Hall–Kier alpha value is 0. The number of guanidine groups is 1. The van der Waals surface area contributed by atoms with E-state index in [1.807, 2.05) is 7.05 Å². The molecule has 4 heteroatoms. The van der Waals surface area contributed by atoms with Gasteiger partial charge in [-0.15, -0.1) is 24.0 Å². The number of rotatable bonds is 4. The number of nitrogens with zero attached hydrogens (tertiary/aromatic N) is 2. The van der Waals surface area contributed by atoms with Crippen LogP contribution < -0.4 is 5.32 Å². The predicted octanol–water partition coefficient (Wildman–Crippen LogP) is 2.71. The van der Waals surface area contributed by atoms with Crippen molar-refractivity contribution in [3.63, 3.8) is 0 Å². The largest absolute Gasteiger partial charge is 0.356 e. The van der Waals surface area contributed by atoms with Gasteiger partial charge in [0.1, 0.15) is 0 Å². The Bertz CT molecular complexity index is 198.